The number of nitrogens with one attached hydrogen (secondary N) is 1. The summed E-state index contributed by atoms with van der Waals surface area (Å²) < 4.78 is 0. The van der Waals surface area contributed by atoms with Crippen LogP contribution in [0.4, 0.5) is 5.69 Å². The molecule has 0 saturated heterocycles. The highest BCUT2D eigenvalue weighted by molar-refractivity contribution is 5.76. The lowest BCUT2D eigenvalue weighted by Gasteiger charge is -2.21. The first-order chi connectivity index (χ1) is 7.69. The van der Waals surface area contributed by atoms with Crippen LogP contribution in [0.25, 0.3) is 0 Å². The van der Waals surface area contributed by atoms with Crippen molar-refractivity contribution < 1.29 is 4.79 Å². The highest BCUT2D eigenvalue weighted by Crippen LogP contribution is 2.18. The fraction of sp³-hybridized carbons (Fsp3) is 0.417. The Morgan fingerprint density at radius 2 is 2.12 bits per heavy atom. The number of amides is 1. The Kier molecular flexibility index (Phi) is 4.79. The Hall–Kier alpha value is -1.55. The SMILES string of the molecule is CNC(=O)CCN(C)c1ccccc1CN. The maximum Gasteiger partial charge on any atom is 0.221 e. The zero-order valence-electron chi connectivity index (χ0n) is 9.86. The zero-order valence-corrected chi connectivity index (χ0v) is 9.86. The molecule has 0 atom stereocenters. The van der Waals surface area contributed by atoms with Crippen LogP contribution >= 0.6 is 0 Å². The van der Waals surface area contributed by atoms with Gasteiger partial charge in [-0.15, -0.1) is 0 Å². The van der Waals surface area contributed by atoms with Crippen molar-refractivity contribution >= 4 is 11.6 Å². The molecule has 0 aliphatic rings. The van der Waals surface area contributed by atoms with Gasteiger partial charge in [-0.05, 0) is 11.6 Å². The van der Waals surface area contributed by atoms with Crippen molar-refractivity contribution in [3.63, 3.8) is 0 Å². The second kappa shape index (κ2) is 6.12. The van der Waals surface area contributed by atoms with Crippen molar-refractivity contribution in [2.75, 3.05) is 25.5 Å². The van der Waals surface area contributed by atoms with Crippen LogP contribution in [-0.2, 0) is 11.3 Å². The summed E-state index contributed by atoms with van der Waals surface area (Å²) in [7, 11) is 3.62. The van der Waals surface area contributed by atoms with Crippen LogP contribution in [0, 0.1) is 0 Å². The molecular formula is C12H19N3O. The number of benzene rings is 1. The Balaban J connectivity index is 2.65. The van der Waals surface area contributed by atoms with Crippen LogP contribution in [0.2, 0.25) is 0 Å². The average Bonchev–Trinajstić information content (AvgIpc) is 2.35. The molecule has 0 aromatic heterocycles. The first kappa shape index (κ1) is 12.5. The Bertz CT molecular complexity index is 352. The van der Waals surface area contributed by atoms with Crippen molar-refractivity contribution in [3.8, 4) is 0 Å². The van der Waals surface area contributed by atoms with Crippen LogP contribution in [0.3, 0.4) is 0 Å². The lowest BCUT2D eigenvalue weighted by molar-refractivity contribution is -0.120. The van der Waals surface area contributed by atoms with Gasteiger partial charge in [0.15, 0.2) is 0 Å². The first-order valence-corrected chi connectivity index (χ1v) is 5.38. The van der Waals surface area contributed by atoms with Crippen molar-refractivity contribution in [1.29, 1.82) is 0 Å². The molecule has 0 heterocycles. The summed E-state index contributed by atoms with van der Waals surface area (Å²) in [5.74, 6) is 0.0529. The van der Waals surface area contributed by atoms with Crippen molar-refractivity contribution in [2.45, 2.75) is 13.0 Å². The fourth-order valence-corrected chi connectivity index (χ4v) is 1.57. The molecule has 1 aromatic carbocycles. The van der Waals surface area contributed by atoms with Crippen LogP contribution < -0.4 is 16.0 Å². The van der Waals surface area contributed by atoms with E-state index in [-0.39, 0.29) is 5.91 Å². The summed E-state index contributed by atoms with van der Waals surface area (Å²) in [6.07, 6.45) is 0.492. The standard InChI is InChI=1S/C12H19N3O/c1-14-12(16)7-8-15(2)11-6-4-3-5-10(11)9-13/h3-6H,7-9,13H2,1-2H3,(H,14,16). The molecule has 0 aliphatic carbocycles. The Labute approximate surface area is 96.4 Å². The van der Waals surface area contributed by atoms with Crippen molar-refractivity contribution in [1.82, 2.24) is 5.32 Å². The average molecular weight is 221 g/mol. The number of hydrogen-bond acceptors (Lipinski definition) is 3. The molecule has 4 nitrogen and oxygen atoms in total. The summed E-state index contributed by atoms with van der Waals surface area (Å²) in [6, 6.07) is 7.97. The van der Waals surface area contributed by atoms with Crippen LogP contribution in [-0.4, -0.2) is 26.5 Å². The molecule has 0 spiro atoms. The van der Waals surface area contributed by atoms with Gasteiger partial charge in [0.25, 0.3) is 0 Å². The molecule has 0 aliphatic heterocycles. The van der Waals surface area contributed by atoms with Gasteiger partial charge in [-0.3, -0.25) is 4.79 Å². The molecule has 3 N–H and O–H groups in total. The summed E-state index contributed by atoms with van der Waals surface area (Å²) >= 11 is 0. The van der Waals surface area contributed by atoms with E-state index >= 15 is 0 Å². The smallest absolute Gasteiger partial charge is 0.221 e. The van der Waals surface area contributed by atoms with E-state index in [2.05, 4.69) is 10.2 Å². The van der Waals surface area contributed by atoms with Gasteiger partial charge in [-0.25, -0.2) is 0 Å². The molecule has 0 fully saturated rings. The summed E-state index contributed by atoms with van der Waals surface area (Å²) in [5, 5.41) is 2.61. The van der Waals surface area contributed by atoms with E-state index in [0.29, 0.717) is 19.5 Å². The number of nitrogens with zero attached hydrogens (tertiary/aromatic N) is 1. The molecule has 0 bridgehead atoms. The number of rotatable bonds is 5. The predicted molar refractivity (Wildman–Crippen MR) is 66.3 cm³/mol. The van der Waals surface area contributed by atoms with Crippen LogP contribution in [0.1, 0.15) is 12.0 Å². The Morgan fingerprint density at radius 1 is 1.44 bits per heavy atom. The van der Waals surface area contributed by atoms with E-state index in [4.69, 9.17) is 5.73 Å². The maximum atomic E-state index is 11.1. The normalized spacial score (nSPS) is 9.94. The molecule has 4 heteroatoms. The number of anilines is 1. The summed E-state index contributed by atoms with van der Waals surface area (Å²) in [5.41, 5.74) is 7.86. The monoisotopic (exact) mass is 221 g/mol. The third-order valence-corrected chi connectivity index (χ3v) is 2.58. The van der Waals surface area contributed by atoms with Gasteiger partial charge in [-0.1, -0.05) is 18.2 Å². The molecule has 1 rings (SSSR count). The number of para-hydroxylation sites is 1. The highest BCUT2D eigenvalue weighted by atomic mass is 16.1. The second-order valence-electron chi connectivity index (χ2n) is 3.68. The zero-order chi connectivity index (χ0) is 12.0. The molecule has 88 valence electrons. The molecule has 0 saturated carbocycles. The van der Waals surface area contributed by atoms with E-state index in [1.54, 1.807) is 7.05 Å². The van der Waals surface area contributed by atoms with Gasteiger partial charge in [0.2, 0.25) is 5.91 Å². The summed E-state index contributed by atoms with van der Waals surface area (Å²) in [4.78, 5) is 13.2. The third kappa shape index (κ3) is 3.24. The highest BCUT2D eigenvalue weighted by Gasteiger charge is 2.07. The molecular weight excluding hydrogens is 202 g/mol. The predicted octanol–water partition coefficient (Wildman–Crippen LogP) is 0.718. The molecule has 16 heavy (non-hydrogen) atoms. The first-order valence-electron chi connectivity index (χ1n) is 5.38. The van der Waals surface area contributed by atoms with Crippen LogP contribution in [0.15, 0.2) is 24.3 Å². The van der Waals surface area contributed by atoms with E-state index < -0.39 is 0 Å². The summed E-state index contributed by atoms with van der Waals surface area (Å²) in [6.45, 7) is 1.21. The molecule has 0 radical (unpaired) electrons. The lowest BCUT2D eigenvalue weighted by atomic mass is 10.1. The van der Waals surface area contributed by atoms with Crippen molar-refractivity contribution in [3.05, 3.63) is 29.8 Å². The quantitative estimate of drug-likeness (QED) is 0.770. The second-order valence-corrected chi connectivity index (χ2v) is 3.68. The topological polar surface area (TPSA) is 58.4 Å². The van der Waals surface area contributed by atoms with Gasteiger partial charge < -0.3 is 16.0 Å². The van der Waals surface area contributed by atoms with E-state index in [1.165, 1.54) is 0 Å². The largest absolute Gasteiger partial charge is 0.374 e. The number of hydrogen-bond donors (Lipinski definition) is 2. The third-order valence-electron chi connectivity index (χ3n) is 2.58. The van der Waals surface area contributed by atoms with Crippen molar-refractivity contribution in [2.24, 2.45) is 5.73 Å². The minimum atomic E-state index is 0.0529. The Morgan fingerprint density at radius 3 is 2.75 bits per heavy atom. The number of nitrogens with two attached hydrogens (primary N) is 1. The molecule has 1 amide bonds. The molecule has 0 unspecified atom stereocenters. The van der Waals surface area contributed by atoms with Gasteiger partial charge in [0, 0.05) is 39.3 Å². The number of carbonyl (C=O) groups excluding carboxylic acids is 1. The van der Waals surface area contributed by atoms with Gasteiger partial charge in [0.05, 0.1) is 0 Å². The van der Waals surface area contributed by atoms with E-state index in [1.807, 2.05) is 31.3 Å². The maximum absolute atomic E-state index is 11.1. The van der Waals surface area contributed by atoms with Crippen LogP contribution in [0.5, 0.6) is 0 Å². The number of carbonyl (C=O) groups is 1. The van der Waals surface area contributed by atoms with Gasteiger partial charge in [0.1, 0.15) is 0 Å². The van der Waals surface area contributed by atoms with Gasteiger partial charge >= 0.3 is 0 Å². The fourth-order valence-electron chi connectivity index (χ4n) is 1.57. The van der Waals surface area contributed by atoms with E-state index in [0.717, 1.165) is 11.3 Å². The van der Waals surface area contributed by atoms with E-state index in [9.17, 15) is 4.79 Å². The minimum absolute atomic E-state index is 0.0529. The minimum Gasteiger partial charge on any atom is -0.374 e. The lowest BCUT2D eigenvalue weighted by Crippen LogP contribution is -2.27. The molecule has 1 aromatic rings. The van der Waals surface area contributed by atoms with Gasteiger partial charge in [-0.2, -0.15) is 0 Å².